The van der Waals surface area contributed by atoms with E-state index in [-0.39, 0.29) is 19.2 Å². The van der Waals surface area contributed by atoms with Gasteiger partial charge in [-0.15, -0.1) is 11.3 Å². The van der Waals surface area contributed by atoms with Gasteiger partial charge in [-0.1, -0.05) is 12.1 Å². The molecule has 1 aliphatic heterocycles. The summed E-state index contributed by atoms with van der Waals surface area (Å²) in [5.74, 6) is 1.20. The zero-order chi connectivity index (χ0) is 27.1. The zero-order valence-corrected chi connectivity index (χ0v) is 22.0. The number of benzene rings is 3. The third-order valence-corrected chi connectivity index (χ3v) is 7.84. The second-order valence-corrected chi connectivity index (χ2v) is 10.4. The third kappa shape index (κ3) is 4.69. The van der Waals surface area contributed by atoms with E-state index in [9.17, 15) is 9.90 Å². The molecule has 1 amide bonds. The van der Waals surface area contributed by atoms with Crippen molar-refractivity contribution in [2.75, 3.05) is 13.7 Å². The van der Waals surface area contributed by atoms with Crippen LogP contribution in [0.4, 0.5) is 4.79 Å². The van der Waals surface area contributed by atoms with E-state index in [1.165, 1.54) is 4.90 Å². The molecule has 39 heavy (non-hydrogen) atoms. The Morgan fingerprint density at radius 1 is 1.23 bits per heavy atom. The predicted molar refractivity (Wildman–Crippen MR) is 147 cm³/mol. The molecular formula is C29H23N5O4S. The van der Waals surface area contributed by atoms with E-state index in [0.29, 0.717) is 17.9 Å². The van der Waals surface area contributed by atoms with Crippen molar-refractivity contribution in [3.63, 3.8) is 0 Å². The van der Waals surface area contributed by atoms with Crippen molar-refractivity contribution in [3.8, 4) is 28.3 Å². The van der Waals surface area contributed by atoms with Crippen molar-refractivity contribution in [1.82, 2.24) is 19.9 Å². The van der Waals surface area contributed by atoms with Gasteiger partial charge in [-0.2, -0.15) is 5.26 Å². The van der Waals surface area contributed by atoms with Crippen molar-refractivity contribution in [2.24, 2.45) is 0 Å². The normalized spacial score (nSPS) is 14.1. The fourth-order valence-electron chi connectivity index (χ4n) is 4.92. The summed E-state index contributed by atoms with van der Waals surface area (Å²) in [6.45, 7) is 2.39. The minimum Gasteiger partial charge on any atom is -0.488 e. The van der Waals surface area contributed by atoms with Crippen LogP contribution in [0.3, 0.4) is 0 Å². The van der Waals surface area contributed by atoms with Gasteiger partial charge in [-0.05, 0) is 54.4 Å². The molecule has 0 fully saturated rings. The standard InChI is InChI=1S/C29H23N5O4S/c1-16-8-21(26-23(9-16)32-25(37-2)13-31-26)28-33-22-6-7-24-20(27(22)39-28)11-19(38-24)15-34(29(35)36)14-18-5-3-4-17(10-18)12-30/h3-10,13,19H,11,14-15H2,1-2H3,(H,35,36). The van der Waals surface area contributed by atoms with Gasteiger partial charge >= 0.3 is 6.09 Å². The van der Waals surface area contributed by atoms with Crippen LogP contribution in [-0.4, -0.2) is 50.8 Å². The number of nitrogens with zero attached hydrogens (tertiary/aromatic N) is 5. The number of carboxylic acid groups (broad SMARTS) is 1. The zero-order valence-electron chi connectivity index (χ0n) is 21.2. The number of carbonyl (C=O) groups is 1. The van der Waals surface area contributed by atoms with E-state index in [4.69, 9.17) is 19.7 Å². The highest BCUT2D eigenvalue weighted by atomic mass is 32.1. The highest BCUT2D eigenvalue weighted by Crippen LogP contribution is 2.41. The van der Waals surface area contributed by atoms with Crippen LogP contribution in [0.5, 0.6) is 11.6 Å². The number of amides is 1. The van der Waals surface area contributed by atoms with Crippen LogP contribution in [0.25, 0.3) is 31.8 Å². The molecule has 1 N–H and O–H groups in total. The first-order valence-corrected chi connectivity index (χ1v) is 13.1. The van der Waals surface area contributed by atoms with Crippen LogP contribution < -0.4 is 9.47 Å². The second kappa shape index (κ2) is 9.85. The number of hydrogen-bond acceptors (Lipinski definition) is 8. The van der Waals surface area contributed by atoms with Crippen LogP contribution in [-0.2, 0) is 13.0 Å². The van der Waals surface area contributed by atoms with E-state index < -0.39 is 6.09 Å². The highest BCUT2D eigenvalue weighted by Gasteiger charge is 2.30. The smallest absolute Gasteiger partial charge is 0.407 e. The number of fused-ring (bicyclic) bond motifs is 4. The number of aromatic nitrogens is 3. The molecule has 0 radical (unpaired) electrons. The van der Waals surface area contributed by atoms with Gasteiger partial charge in [0.25, 0.3) is 0 Å². The largest absolute Gasteiger partial charge is 0.488 e. The summed E-state index contributed by atoms with van der Waals surface area (Å²) >= 11 is 1.57. The maximum atomic E-state index is 12.0. The quantitative estimate of drug-likeness (QED) is 0.298. The number of ether oxygens (including phenoxy) is 2. The van der Waals surface area contributed by atoms with Gasteiger partial charge < -0.3 is 19.5 Å². The van der Waals surface area contributed by atoms with Gasteiger partial charge in [0, 0.05) is 24.1 Å². The molecule has 10 heteroatoms. The average Bonchev–Trinajstić information content (AvgIpc) is 3.55. The van der Waals surface area contributed by atoms with Crippen molar-refractivity contribution >= 4 is 38.7 Å². The molecule has 0 saturated carbocycles. The topological polar surface area (TPSA) is 121 Å². The Kier molecular flexibility index (Phi) is 6.21. The van der Waals surface area contributed by atoms with Crippen LogP contribution in [0.1, 0.15) is 22.3 Å². The van der Waals surface area contributed by atoms with Crippen molar-refractivity contribution in [1.29, 1.82) is 5.26 Å². The maximum absolute atomic E-state index is 12.0. The minimum absolute atomic E-state index is 0.174. The molecule has 3 heterocycles. The fraction of sp³-hybridized carbons (Fsp3) is 0.207. The molecule has 1 unspecified atom stereocenters. The van der Waals surface area contributed by atoms with Crippen LogP contribution in [0.15, 0.2) is 54.7 Å². The van der Waals surface area contributed by atoms with E-state index in [0.717, 1.165) is 54.3 Å². The molecule has 0 bridgehead atoms. The summed E-state index contributed by atoms with van der Waals surface area (Å²) in [6, 6.07) is 17.0. The Morgan fingerprint density at radius 2 is 2.10 bits per heavy atom. The predicted octanol–water partition coefficient (Wildman–Crippen LogP) is 5.58. The second-order valence-electron chi connectivity index (χ2n) is 9.42. The van der Waals surface area contributed by atoms with Gasteiger partial charge in [-0.3, -0.25) is 0 Å². The molecule has 5 aromatic rings. The first-order chi connectivity index (χ1) is 18.9. The first-order valence-electron chi connectivity index (χ1n) is 12.3. The Hall–Kier alpha value is -4.75. The van der Waals surface area contributed by atoms with E-state index in [2.05, 4.69) is 22.1 Å². The third-order valence-electron chi connectivity index (χ3n) is 6.68. The van der Waals surface area contributed by atoms with Crippen molar-refractivity contribution in [3.05, 3.63) is 77.0 Å². The van der Waals surface area contributed by atoms with Gasteiger partial charge in [-0.25, -0.2) is 19.7 Å². The molecule has 9 nitrogen and oxygen atoms in total. The average molecular weight is 538 g/mol. The summed E-state index contributed by atoms with van der Waals surface area (Å²) in [5.41, 5.74) is 6.59. The lowest BCUT2D eigenvalue weighted by Gasteiger charge is -2.22. The maximum Gasteiger partial charge on any atom is 0.407 e. The Bertz CT molecular complexity index is 1790. The molecule has 1 aliphatic rings. The SMILES string of the molecule is COc1cnc2c(-c3nc4ccc5c(c4s3)CC(CN(Cc3cccc(C#N)c3)C(=O)O)O5)cc(C)cc2n1. The van der Waals surface area contributed by atoms with Crippen molar-refractivity contribution < 1.29 is 19.4 Å². The van der Waals surface area contributed by atoms with Gasteiger partial charge in [0.15, 0.2) is 0 Å². The van der Waals surface area contributed by atoms with Crippen molar-refractivity contribution in [2.45, 2.75) is 26.0 Å². The van der Waals surface area contributed by atoms with E-state index >= 15 is 0 Å². The summed E-state index contributed by atoms with van der Waals surface area (Å²) in [7, 11) is 1.57. The van der Waals surface area contributed by atoms with Gasteiger partial charge in [0.1, 0.15) is 16.9 Å². The van der Waals surface area contributed by atoms with Gasteiger partial charge in [0.05, 0.1) is 52.7 Å². The monoisotopic (exact) mass is 537 g/mol. The molecule has 3 aromatic carbocycles. The number of nitriles is 1. The minimum atomic E-state index is -1.04. The molecule has 6 rings (SSSR count). The number of rotatable bonds is 6. The fourth-order valence-corrected chi connectivity index (χ4v) is 6.05. The summed E-state index contributed by atoms with van der Waals surface area (Å²) in [6.07, 6.45) is 0.813. The molecular weight excluding hydrogens is 514 g/mol. The van der Waals surface area contributed by atoms with Gasteiger partial charge in [0.2, 0.25) is 5.88 Å². The molecule has 0 saturated heterocycles. The van der Waals surface area contributed by atoms with E-state index in [1.54, 1.807) is 42.8 Å². The van der Waals surface area contributed by atoms with Crippen LogP contribution >= 0.6 is 11.3 Å². The molecule has 1 atom stereocenters. The summed E-state index contributed by atoms with van der Waals surface area (Å²) in [4.78, 5) is 27.4. The first kappa shape index (κ1) is 24.6. The Balaban J connectivity index is 1.29. The Labute approximate surface area is 227 Å². The molecule has 0 aliphatic carbocycles. The lowest BCUT2D eigenvalue weighted by molar-refractivity contribution is 0.113. The molecule has 0 spiro atoms. The number of methoxy groups -OCH3 is 1. The van der Waals surface area contributed by atoms with E-state index in [1.807, 2.05) is 31.2 Å². The Morgan fingerprint density at radius 3 is 2.90 bits per heavy atom. The lowest BCUT2D eigenvalue weighted by atomic mass is 10.1. The van der Waals surface area contributed by atoms with Crippen LogP contribution in [0.2, 0.25) is 0 Å². The highest BCUT2D eigenvalue weighted by molar-refractivity contribution is 7.22. The number of thiazole rings is 1. The van der Waals surface area contributed by atoms with Crippen LogP contribution in [0, 0.1) is 18.3 Å². The molecule has 2 aromatic heterocycles. The lowest BCUT2D eigenvalue weighted by Crippen LogP contribution is -2.37. The summed E-state index contributed by atoms with van der Waals surface area (Å²) in [5, 5.41) is 19.9. The number of aryl methyl sites for hydroxylation is 1. The number of hydrogen-bond donors (Lipinski definition) is 1. The molecule has 194 valence electrons. The summed E-state index contributed by atoms with van der Waals surface area (Å²) < 4.78 is 12.5.